The van der Waals surface area contributed by atoms with Crippen LogP contribution in [0.4, 0.5) is 5.69 Å². The van der Waals surface area contributed by atoms with Crippen LogP contribution in [-0.4, -0.2) is 18.2 Å². The molecule has 0 saturated carbocycles. The third kappa shape index (κ3) is 3.53. The van der Waals surface area contributed by atoms with Gasteiger partial charge in [-0.3, -0.25) is 0 Å². The van der Waals surface area contributed by atoms with Gasteiger partial charge in [0.05, 0.1) is 6.10 Å². The fraction of sp³-hybridized carbons (Fsp3) is 0.571. The van der Waals surface area contributed by atoms with Crippen LogP contribution in [0.15, 0.2) is 24.3 Å². The minimum Gasteiger partial charge on any atom is -0.389 e. The lowest BCUT2D eigenvalue weighted by atomic mass is 10.1. The monoisotopic (exact) mass is 221 g/mol. The molecule has 0 aliphatic heterocycles. The number of benzene rings is 1. The maximum atomic E-state index is 9.44. The van der Waals surface area contributed by atoms with Crippen LogP contribution in [0.2, 0.25) is 0 Å². The molecule has 2 nitrogen and oxygen atoms in total. The van der Waals surface area contributed by atoms with Gasteiger partial charge in [-0.1, -0.05) is 26.0 Å². The Bertz CT molecular complexity index is 303. The van der Waals surface area contributed by atoms with Gasteiger partial charge < -0.3 is 10.0 Å². The summed E-state index contributed by atoms with van der Waals surface area (Å²) in [7, 11) is 0. The maximum absolute atomic E-state index is 9.44. The summed E-state index contributed by atoms with van der Waals surface area (Å²) in [5.41, 5.74) is 2.21. The average Bonchev–Trinajstić information content (AvgIpc) is 2.25. The summed E-state index contributed by atoms with van der Waals surface area (Å²) in [5.74, 6) is 0.663. The third-order valence-electron chi connectivity index (χ3n) is 2.71. The SMILES string of the molecule is CCN(CC(C)C)c1ccc([C@H](C)O)cc1. The van der Waals surface area contributed by atoms with Gasteiger partial charge in [0.25, 0.3) is 0 Å². The third-order valence-corrected chi connectivity index (χ3v) is 2.71. The molecule has 2 heteroatoms. The van der Waals surface area contributed by atoms with Gasteiger partial charge in [0.15, 0.2) is 0 Å². The molecule has 1 aromatic rings. The Morgan fingerprint density at radius 2 is 1.69 bits per heavy atom. The van der Waals surface area contributed by atoms with Crippen LogP contribution in [0.25, 0.3) is 0 Å². The molecular formula is C14H23NO. The predicted octanol–water partition coefficient (Wildman–Crippen LogP) is 3.22. The first-order chi connectivity index (χ1) is 7.54. The van der Waals surface area contributed by atoms with Crippen LogP contribution in [0.1, 0.15) is 39.4 Å². The first kappa shape index (κ1) is 13.0. The second kappa shape index (κ2) is 5.90. The summed E-state index contributed by atoms with van der Waals surface area (Å²) in [5, 5.41) is 9.44. The van der Waals surface area contributed by atoms with Crippen LogP contribution in [-0.2, 0) is 0 Å². The highest BCUT2D eigenvalue weighted by molar-refractivity contribution is 5.47. The highest BCUT2D eigenvalue weighted by Gasteiger charge is 2.07. The molecule has 0 aliphatic rings. The molecule has 1 N–H and O–H groups in total. The molecule has 1 rings (SSSR count). The predicted molar refractivity (Wildman–Crippen MR) is 69.8 cm³/mol. The fourth-order valence-electron chi connectivity index (χ4n) is 1.82. The molecule has 16 heavy (non-hydrogen) atoms. The molecule has 1 aromatic carbocycles. The van der Waals surface area contributed by atoms with E-state index in [1.807, 2.05) is 12.1 Å². The molecule has 0 aromatic heterocycles. The van der Waals surface area contributed by atoms with Gasteiger partial charge in [-0.2, -0.15) is 0 Å². The normalized spacial score (nSPS) is 12.9. The highest BCUT2D eigenvalue weighted by atomic mass is 16.3. The Labute approximate surface area is 98.9 Å². The second-order valence-electron chi connectivity index (χ2n) is 4.70. The zero-order valence-corrected chi connectivity index (χ0v) is 10.8. The lowest BCUT2D eigenvalue weighted by molar-refractivity contribution is 0.199. The Morgan fingerprint density at radius 3 is 2.06 bits per heavy atom. The Hall–Kier alpha value is -1.02. The van der Waals surface area contributed by atoms with Crippen LogP contribution in [0.3, 0.4) is 0 Å². The molecule has 0 spiro atoms. The van der Waals surface area contributed by atoms with Gasteiger partial charge in [0, 0.05) is 18.8 Å². The standard InChI is InChI=1S/C14H23NO/c1-5-15(10-11(2)3)14-8-6-13(7-9-14)12(4)16/h6-9,11-12,16H,5,10H2,1-4H3/t12-/m0/s1. The Kier molecular flexibility index (Phi) is 4.81. The van der Waals surface area contributed by atoms with Crippen molar-refractivity contribution < 1.29 is 5.11 Å². The molecule has 0 fully saturated rings. The van der Waals surface area contributed by atoms with Crippen molar-refractivity contribution in [3.8, 4) is 0 Å². The zero-order valence-electron chi connectivity index (χ0n) is 10.8. The molecule has 0 saturated heterocycles. The van der Waals surface area contributed by atoms with Crippen LogP contribution >= 0.6 is 0 Å². The van der Waals surface area contributed by atoms with Crippen molar-refractivity contribution in [1.29, 1.82) is 0 Å². The van der Waals surface area contributed by atoms with E-state index in [1.54, 1.807) is 6.92 Å². The van der Waals surface area contributed by atoms with Gasteiger partial charge in [-0.15, -0.1) is 0 Å². The summed E-state index contributed by atoms with van der Waals surface area (Å²) < 4.78 is 0. The number of aliphatic hydroxyl groups excluding tert-OH is 1. The van der Waals surface area contributed by atoms with Crippen molar-refractivity contribution in [3.63, 3.8) is 0 Å². The smallest absolute Gasteiger partial charge is 0.0761 e. The van der Waals surface area contributed by atoms with E-state index < -0.39 is 0 Å². The fourth-order valence-corrected chi connectivity index (χ4v) is 1.82. The molecule has 0 unspecified atom stereocenters. The second-order valence-corrected chi connectivity index (χ2v) is 4.70. The van der Waals surface area contributed by atoms with Crippen LogP contribution in [0.5, 0.6) is 0 Å². The molecule has 0 amide bonds. The number of aliphatic hydroxyl groups is 1. The summed E-state index contributed by atoms with van der Waals surface area (Å²) >= 11 is 0. The topological polar surface area (TPSA) is 23.5 Å². The summed E-state index contributed by atoms with van der Waals surface area (Å²) in [6.07, 6.45) is -0.380. The van der Waals surface area contributed by atoms with Crippen molar-refractivity contribution in [3.05, 3.63) is 29.8 Å². The van der Waals surface area contributed by atoms with Gasteiger partial charge in [-0.25, -0.2) is 0 Å². The number of hydrogen-bond acceptors (Lipinski definition) is 2. The number of rotatable bonds is 5. The van der Waals surface area contributed by atoms with E-state index >= 15 is 0 Å². The highest BCUT2D eigenvalue weighted by Crippen LogP contribution is 2.19. The molecule has 0 heterocycles. The molecule has 0 aliphatic carbocycles. The molecule has 90 valence electrons. The van der Waals surface area contributed by atoms with Gasteiger partial charge in [0.1, 0.15) is 0 Å². The maximum Gasteiger partial charge on any atom is 0.0761 e. The van der Waals surface area contributed by atoms with E-state index in [0.29, 0.717) is 5.92 Å². The minimum atomic E-state index is -0.380. The molecule has 1 atom stereocenters. The van der Waals surface area contributed by atoms with Crippen molar-refractivity contribution >= 4 is 5.69 Å². The van der Waals surface area contributed by atoms with Crippen molar-refractivity contribution in [1.82, 2.24) is 0 Å². The molecule has 0 radical (unpaired) electrons. The minimum absolute atomic E-state index is 0.380. The quantitative estimate of drug-likeness (QED) is 0.825. The number of anilines is 1. The molecule has 0 bridgehead atoms. The average molecular weight is 221 g/mol. The first-order valence-corrected chi connectivity index (χ1v) is 6.07. The first-order valence-electron chi connectivity index (χ1n) is 6.07. The van der Waals surface area contributed by atoms with E-state index in [1.165, 1.54) is 5.69 Å². The van der Waals surface area contributed by atoms with E-state index in [9.17, 15) is 5.11 Å². The summed E-state index contributed by atoms with van der Waals surface area (Å²) in [6.45, 7) is 10.5. The van der Waals surface area contributed by atoms with Crippen molar-refractivity contribution in [2.24, 2.45) is 5.92 Å². The number of hydrogen-bond donors (Lipinski definition) is 1. The lowest BCUT2D eigenvalue weighted by Crippen LogP contribution is -2.27. The van der Waals surface area contributed by atoms with Crippen LogP contribution < -0.4 is 4.90 Å². The number of nitrogens with zero attached hydrogens (tertiary/aromatic N) is 1. The lowest BCUT2D eigenvalue weighted by Gasteiger charge is -2.25. The van der Waals surface area contributed by atoms with E-state index in [4.69, 9.17) is 0 Å². The van der Waals surface area contributed by atoms with E-state index in [2.05, 4.69) is 37.8 Å². The van der Waals surface area contributed by atoms with Gasteiger partial charge in [-0.05, 0) is 37.5 Å². The largest absolute Gasteiger partial charge is 0.389 e. The van der Waals surface area contributed by atoms with Gasteiger partial charge in [0.2, 0.25) is 0 Å². The van der Waals surface area contributed by atoms with Crippen LogP contribution in [0, 0.1) is 5.92 Å². The van der Waals surface area contributed by atoms with Crippen molar-refractivity contribution in [2.75, 3.05) is 18.0 Å². The van der Waals surface area contributed by atoms with E-state index in [-0.39, 0.29) is 6.10 Å². The molecular weight excluding hydrogens is 198 g/mol. The Balaban J connectivity index is 2.78. The van der Waals surface area contributed by atoms with Gasteiger partial charge >= 0.3 is 0 Å². The van der Waals surface area contributed by atoms with E-state index in [0.717, 1.165) is 18.7 Å². The van der Waals surface area contributed by atoms with Crippen molar-refractivity contribution in [2.45, 2.75) is 33.8 Å². The summed E-state index contributed by atoms with van der Waals surface area (Å²) in [4.78, 5) is 2.36. The Morgan fingerprint density at radius 1 is 1.12 bits per heavy atom. The zero-order chi connectivity index (χ0) is 12.1. The summed E-state index contributed by atoms with van der Waals surface area (Å²) in [6, 6.07) is 8.19.